The normalized spacial score (nSPS) is 15.6. The van der Waals surface area contributed by atoms with Gasteiger partial charge in [-0.1, -0.05) is 17.8 Å². The lowest BCUT2D eigenvalue weighted by atomic mass is 10.1. The molecule has 0 saturated carbocycles. The zero-order valence-corrected chi connectivity index (χ0v) is 16.4. The van der Waals surface area contributed by atoms with Crippen molar-refractivity contribution in [1.82, 2.24) is 9.55 Å². The number of nitrogens with one attached hydrogen (secondary N) is 1. The van der Waals surface area contributed by atoms with Crippen molar-refractivity contribution < 1.29 is 13.2 Å². The fraction of sp³-hybridized carbons (Fsp3) is 0.375. The molecule has 0 spiro atoms. The molecule has 0 unspecified atom stereocenters. The quantitative estimate of drug-likeness (QED) is 0.660. The molecule has 0 bridgehead atoms. The summed E-state index contributed by atoms with van der Waals surface area (Å²) in [5.41, 5.74) is 8.80. The number of benzene rings is 1. The van der Waals surface area contributed by atoms with E-state index in [4.69, 9.17) is 15.6 Å². The highest BCUT2D eigenvalue weighted by Crippen LogP contribution is 2.38. The number of hydrogen-bond acceptors (Lipinski definition) is 8. The van der Waals surface area contributed by atoms with E-state index < -0.39 is 10.0 Å². The van der Waals surface area contributed by atoms with E-state index in [1.165, 1.54) is 17.3 Å². The van der Waals surface area contributed by atoms with Gasteiger partial charge in [0.1, 0.15) is 29.8 Å². The first-order valence-corrected chi connectivity index (χ1v) is 10.9. The fourth-order valence-corrected chi connectivity index (χ4v) is 4.56. The molecule has 1 aromatic heterocycles. The molecular formula is C16H20N6O3S2. The van der Waals surface area contributed by atoms with Crippen LogP contribution in [0.15, 0.2) is 27.2 Å². The number of nitrogens with two attached hydrogens (primary N) is 2. The Morgan fingerprint density at radius 3 is 3.00 bits per heavy atom. The summed E-state index contributed by atoms with van der Waals surface area (Å²) >= 11 is 1.44. The Hall–Kier alpha value is -2.24. The van der Waals surface area contributed by atoms with Crippen LogP contribution in [0.1, 0.15) is 16.8 Å². The van der Waals surface area contributed by atoms with Gasteiger partial charge in [-0.15, -0.1) is 0 Å². The summed E-state index contributed by atoms with van der Waals surface area (Å²) in [5, 5.41) is 8.93. The first-order valence-electron chi connectivity index (χ1n) is 8.41. The number of ether oxygens (including phenoxy) is 1. The number of nitrogens with zero attached hydrogens (tertiary/aromatic N) is 3. The lowest BCUT2D eigenvalue weighted by molar-refractivity contribution is 0.356. The van der Waals surface area contributed by atoms with E-state index in [0.717, 1.165) is 22.6 Å². The predicted octanol–water partition coefficient (Wildman–Crippen LogP) is 0.654. The van der Waals surface area contributed by atoms with Gasteiger partial charge in [0, 0.05) is 17.9 Å². The molecule has 0 atom stereocenters. The van der Waals surface area contributed by atoms with Crippen molar-refractivity contribution >= 4 is 33.4 Å². The van der Waals surface area contributed by atoms with E-state index in [9.17, 15) is 8.42 Å². The molecule has 4 rings (SSSR count). The second-order valence-corrected chi connectivity index (χ2v) is 9.16. The van der Waals surface area contributed by atoms with E-state index in [-0.39, 0.29) is 12.3 Å². The number of hydrogen-bond donors (Lipinski definition) is 3. The molecule has 0 fully saturated rings. The van der Waals surface area contributed by atoms with Crippen LogP contribution in [-0.4, -0.2) is 42.8 Å². The topological polar surface area (TPSA) is 138 Å². The van der Waals surface area contributed by atoms with Gasteiger partial charge < -0.3 is 20.4 Å². The van der Waals surface area contributed by atoms with Crippen LogP contribution in [-0.2, 0) is 23.0 Å². The van der Waals surface area contributed by atoms with Gasteiger partial charge >= 0.3 is 0 Å². The molecule has 1 aromatic carbocycles. The molecule has 2 aromatic rings. The molecule has 9 nitrogen and oxygen atoms in total. The Kier molecular flexibility index (Phi) is 4.52. The largest absolute Gasteiger partial charge is 0.493 e. The van der Waals surface area contributed by atoms with Crippen molar-refractivity contribution in [2.75, 3.05) is 24.3 Å². The Morgan fingerprint density at radius 2 is 2.22 bits per heavy atom. The third-order valence-electron chi connectivity index (χ3n) is 4.46. The maximum atomic E-state index is 11.5. The Balaban J connectivity index is 1.73. The van der Waals surface area contributed by atoms with Crippen molar-refractivity contribution in [3.8, 4) is 5.75 Å². The van der Waals surface area contributed by atoms with E-state index in [0.29, 0.717) is 35.8 Å². The number of rotatable bonds is 5. The molecule has 0 aliphatic carbocycles. The van der Waals surface area contributed by atoms with Crippen LogP contribution in [0.3, 0.4) is 0 Å². The average Bonchev–Trinajstić information content (AvgIpc) is 3.17. The van der Waals surface area contributed by atoms with Crippen molar-refractivity contribution in [2.45, 2.75) is 29.9 Å². The van der Waals surface area contributed by atoms with Gasteiger partial charge in [-0.25, -0.2) is 23.5 Å². The molecule has 144 valence electrons. The molecule has 0 radical (unpaired) electrons. The molecule has 0 saturated heterocycles. The van der Waals surface area contributed by atoms with Gasteiger partial charge in [0.25, 0.3) is 0 Å². The maximum Gasteiger partial charge on any atom is 0.210 e. The Bertz CT molecular complexity index is 1040. The van der Waals surface area contributed by atoms with E-state index >= 15 is 0 Å². The average molecular weight is 409 g/mol. The van der Waals surface area contributed by atoms with Gasteiger partial charge in [-0.2, -0.15) is 0 Å². The predicted molar refractivity (Wildman–Crippen MR) is 104 cm³/mol. The molecule has 5 N–H and O–H groups in total. The van der Waals surface area contributed by atoms with Gasteiger partial charge in [0.15, 0.2) is 5.16 Å². The van der Waals surface area contributed by atoms with E-state index in [2.05, 4.69) is 21.4 Å². The minimum atomic E-state index is -3.61. The number of sulfonamides is 1. The van der Waals surface area contributed by atoms with Crippen molar-refractivity contribution in [3.63, 3.8) is 0 Å². The minimum absolute atomic E-state index is 0.171. The second-order valence-electron chi connectivity index (χ2n) is 6.41. The van der Waals surface area contributed by atoms with Crippen LogP contribution >= 0.6 is 11.8 Å². The molecule has 3 heterocycles. The van der Waals surface area contributed by atoms with Crippen molar-refractivity contribution in [3.05, 3.63) is 29.0 Å². The number of fused-ring (bicyclic) bond motifs is 2. The highest BCUT2D eigenvalue weighted by atomic mass is 32.2. The first-order chi connectivity index (χ1) is 12.8. The lowest BCUT2D eigenvalue weighted by Crippen LogP contribution is -2.25. The van der Waals surface area contributed by atoms with Gasteiger partial charge in [0.05, 0.1) is 12.4 Å². The monoisotopic (exact) mass is 408 g/mol. The molecule has 2 aliphatic heterocycles. The third-order valence-corrected chi connectivity index (χ3v) is 6.36. The summed E-state index contributed by atoms with van der Waals surface area (Å²) in [6, 6.07) is 4.13. The summed E-state index contributed by atoms with van der Waals surface area (Å²) in [6.07, 6.45) is 0.912. The van der Waals surface area contributed by atoms with Gasteiger partial charge in [0.2, 0.25) is 10.0 Å². The standard InChI is InChI=1S/C16H20N6O3S2/c1-9-6-10-2-4-25-11(10)7-12(9)26-16-21-13-14(17)19-8-20-15(13)22(16)3-5-27(18,23)24/h6-7,20H,2-5,8H2,1H3,(H2,17,19)(H2,18,23,24). The zero-order valence-electron chi connectivity index (χ0n) is 14.7. The summed E-state index contributed by atoms with van der Waals surface area (Å²) < 4.78 is 30.4. The lowest BCUT2D eigenvalue weighted by Gasteiger charge is -2.15. The van der Waals surface area contributed by atoms with Crippen LogP contribution < -0.4 is 20.9 Å². The number of imidazole rings is 1. The molecule has 0 amide bonds. The number of aryl methyl sites for hydroxylation is 1. The Morgan fingerprint density at radius 1 is 1.41 bits per heavy atom. The van der Waals surface area contributed by atoms with Gasteiger partial charge in [-0.05, 0) is 24.1 Å². The minimum Gasteiger partial charge on any atom is -0.493 e. The van der Waals surface area contributed by atoms with E-state index in [1.54, 1.807) is 4.57 Å². The molecule has 2 aliphatic rings. The van der Waals surface area contributed by atoms with Crippen molar-refractivity contribution in [1.29, 1.82) is 0 Å². The fourth-order valence-electron chi connectivity index (χ4n) is 3.11. The third kappa shape index (κ3) is 3.62. The molecule has 11 heteroatoms. The summed E-state index contributed by atoms with van der Waals surface area (Å²) in [4.78, 5) is 9.73. The van der Waals surface area contributed by atoms with Crippen LogP contribution in [0.25, 0.3) is 0 Å². The van der Waals surface area contributed by atoms with Crippen LogP contribution in [0, 0.1) is 6.92 Å². The van der Waals surface area contributed by atoms with Gasteiger partial charge in [-0.3, -0.25) is 0 Å². The highest BCUT2D eigenvalue weighted by molar-refractivity contribution is 7.99. The molecule has 27 heavy (non-hydrogen) atoms. The number of aliphatic imine (C=N–C) groups is 1. The van der Waals surface area contributed by atoms with Crippen LogP contribution in [0.2, 0.25) is 0 Å². The zero-order chi connectivity index (χ0) is 19.2. The second kappa shape index (κ2) is 6.73. The highest BCUT2D eigenvalue weighted by Gasteiger charge is 2.24. The smallest absolute Gasteiger partial charge is 0.210 e. The summed E-state index contributed by atoms with van der Waals surface area (Å²) in [5.74, 6) is 1.67. The first kappa shape index (κ1) is 18.1. The van der Waals surface area contributed by atoms with Crippen molar-refractivity contribution in [2.24, 2.45) is 15.9 Å². The Labute approximate surface area is 161 Å². The molecular weight excluding hydrogens is 388 g/mol. The number of amidine groups is 1. The summed E-state index contributed by atoms with van der Waals surface area (Å²) in [7, 11) is -3.61. The summed E-state index contributed by atoms with van der Waals surface area (Å²) in [6.45, 7) is 3.21. The SMILES string of the molecule is Cc1cc2c(cc1Sc1nc3c(n1CCS(N)(=O)=O)NCN=C3N)OCC2. The maximum absolute atomic E-state index is 11.5. The number of primary sulfonamides is 1. The number of anilines is 1. The van der Waals surface area contributed by atoms with E-state index in [1.807, 2.05) is 13.0 Å². The van der Waals surface area contributed by atoms with Crippen LogP contribution in [0.4, 0.5) is 5.82 Å². The van der Waals surface area contributed by atoms with Crippen LogP contribution in [0.5, 0.6) is 5.75 Å². The number of aromatic nitrogens is 2.